The van der Waals surface area contributed by atoms with E-state index in [1.165, 1.54) is 0 Å². The Morgan fingerprint density at radius 2 is 1.90 bits per heavy atom. The van der Waals surface area contributed by atoms with E-state index in [4.69, 9.17) is 10.9 Å². The van der Waals surface area contributed by atoms with E-state index in [1.54, 1.807) is 0 Å². The molecule has 0 unspecified atom stereocenters. The molecule has 0 saturated heterocycles. The highest BCUT2D eigenvalue weighted by molar-refractivity contribution is 5.98. The van der Waals surface area contributed by atoms with Crippen molar-refractivity contribution in [3.63, 3.8) is 0 Å². The molecule has 5 nitrogen and oxygen atoms in total. The third kappa shape index (κ3) is 2.33. The van der Waals surface area contributed by atoms with Gasteiger partial charge in [0.1, 0.15) is 5.82 Å². The highest BCUT2D eigenvalue weighted by Crippen LogP contribution is 2.19. The zero-order valence-corrected chi connectivity index (χ0v) is 11.7. The van der Waals surface area contributed by atoms with Gasteiger partial charge in [0.25, 0.3) is 0 Å². The van der Waals surface area contributed by atoms with Crippen LogP contribution in [0.2, 0.25) is 0 Å². The smallest absolute Gasteiger partial charge is 0.170 e. The second-order valence-corrected chi connectivity index (χ2v) is 4.88. The molecule has 3 aromatic rings. The minimum atomic E-state index is 0.118. The second kappa shape index (κ2) is 5.28. The van der Waals surface area contributed by atoms with Crippen molar-refractivity contribution >= 4 is 16.9 Å². The van der Waals surface area contributed by atoms with Crippen LogP contribution in [0.4, 0.5) is 0 Å². The maximum absolute atomic E-state index is 8.91. The van der Waals surface area contributed by atoms with Crippen molar-refractivity contribution in [3.8, 4) is 0 Å². The maximum Gasteiger partial charge on any atom is 0.170 e. The summed E-state index contributed by atoms with van der Waals surface area (Å²) in [5.74, 6) is 1.05. The molecule has 0 radical (unpaired) electrons. The van der Waals surface area contributed by atoms with Gasteiger partial charge in [-0.2, -0.15) is 0 Å². The summed E-state index contributed by atoms with van der Waals surface area (Å²) in [4.78, 5) is 4.56. The van der Waals surface area contributed by atoms with E-state index in [0.717, 1.165) is 28.0 Å². The predicted molar refractivity (Wildman–Crippen MR) is 82.5 cm³/mol. The van der Waals surface area contributed by atoms with Crippen LogP contribution in [0, 0.1) is 6.92 Å². The Balaban J connectivity index is 2.09. The van der Waals surface area contributed by atoms with Crippen molar-refractivity contribution < 1.29 is 5.21 Å². The Hall–Kier alpha value is -2.82. The number of hydrogen-bond acceptors (Lipinski definition) is 3. The van der Waals surface area contributed by atoms with Crippen molar-refractivity contribution in [2.45, 2.75) is 13.5 Å². The SMILES string of the molecule is Cc1nc2ccccc2n1Cc1ccccc1/C(N)=N/O. The number of nitrogens with zero attached hydrogens (tertiary/aromatic N) is 3. The first-order chi connectivity index (χ1) is 10.2. The van der Waals surface area contributed by atoms with Gasteiger partial charge in [-0.05, 0) is 24.6 Å². The fourth-order valence-corrected chi connectivity index (χ4v) is 2.53. The molecule has 106 valence electrons. The van der Waals surface area contributed by atoms with Gasteiger partial charge in [-0.3, -0.25) is 0 Å². The van der Waals surface area contributed by atoms with E-state index in [9.17, 15) is 0 Å². The Bertz CT molecular complexity index is 820. The standard InChI is InChI=1S/C16H16N4O/c1-11-18-14-8-4-5-9-15(14)20(11)10-12-6-2-3-7-13(12)16(17)19-21/h2-9,21H,10H2,1H3,(H2,17,19). The van der Waals surface area contributed by atoms with Gasteiger partial charge in [0.05, 0.1) is 17.6 Å². The molecule has 3 rings (SSSR count). The lowest BCUT2D eigenvalue weighted by Crippen LogP contribution is -2.17. The van der Waals surface area contributed by atoms with E-state index in [1.807, 2.05) is 55.5 Å². The molecule has 2 aromatic carbocycles. The molecule has 3 N–H and O–H groups in total. The zero-order valence-electron chi connectivity index (χ0n) is 11.7. The lowest BCUT2D eigenvalue weighted by atomic mass is 10.1. The number of imidazole rings is 1. The zero-order chi connectivity index (χ0) is 14.8. The fourth-order valence-electron chi connectivity index (χ4n) is 2.53. The van der Waals surface area contributed by atoms with Gasteiger partial charge < -0.3 is 15.5 Å². The van der Waals surface area contributed by atoms with E-state index in [0.29, 0.717) is 6.54 Å². The molecule has 0 saturated carbocycles. The molecular formula is C16H16N4O. The van der Waals surface area contributed by atoms with Gasteiger partial charge in [-0.15, -0.1) is 0 Å². The highest BCUT2D eigenvalue weighted by Gasteiger charge is 2.11. The van der Waals surface area contributed by atoms with Gasteiger partial charge in [0.15, 0.2) is 5.84 Å². The molecule has 0 aliphatic heterocycles. The van der Waals surface area contributed by atoms with Crippen LogP contribution in [-0.4, -0.2) is 20.6 Å². The average Bonchev–Trinajstić information content (AvgIpc) is 2.83. The molecule has 1 heterocycles. The number of oxime groups is 1. The summed E-state index contributed by atoms with van der Waals surface area (Å²) in [6.45, 7) is 2.60. The van der Waals surface area contributed by atoms with Crippen LogP contribution in [0.15, 0.2) is 53.7 Å². The first-order valence-corrected chi connectivity index (χ1v) is 6.68. The van der Waals surface area contributed by atoms with Crippen LogP contribution in [0.1, 0.15) is 17.0 Å². The fraction of sp³-hybridized carbons (Fsp3) is 0.125. The highest BCUT2D eigenvalue weighted by atomic mass is 16.4. The van der Waals surface area contributed by atoms with E-state index in [2.05, 4.69) is 14.7 Å². The topological polar surface area (TPSA) is 76.4 Å². The quantitative estimate of drug-likeness (QED) is 0.335. The molecule has 0 fully saturated rings. The van der Waals surface area contributed by atoms with E-state index < -0.39 is 0 Å². The molecule has 21 heavy (non-hydrogen) atoms. The Morgan fingerprint density at radius 1 is 1.19 bits per heavy atom. The van der Waals surface area contributed by atoms with Crippen LogP contribution in [0.25, 0.3) is 11.0 Å². The Labute approximate surface area is 122 Å². The minimum Gasteiger partial charge on any atom is -0.409 e. The van der Waals surface area contributed by atoms with Crippen molar-refractivity contribution in [1.29, 1.82) is 0 Å². The van der Waals surface area contributed by atoms with Gasteiger partial charge in [-0.25, -0.2) is 4.98 Å². The molecule has 0 spiro atoms. The molecule has 0 aliphatic carbocycles. The summed E-state index contributed by atoms with van der Waals surface area (Å²) in [5, 5.41) is 12.0. The number of aryl methyl sites for hydroxylation is 1. The van der Waals surface area contributed by atoms with Crippen LogP contribution >= 0.6 is 0 Å². The van der Waals surface area contributed by atoms with Gasteiger partial charge in [0, 0.05) is 5.56 Å². The van der Waals surface area contributed by atoms with E-state index in [-0.39, 0.29) is 5.84 Å². The monoisotopic (exact) mass is 280 g/mol. The summed E-state index contributed by atoms with van der Waals surface area (Å²) >= 11 is 0. The summed E-state index contributed by atoms with van der Waals surface area (Å²) in [6.07, 6.45) is 0. The number of benzene rings is 2. The van der Waals surface area contributed by atoms with Crippen molar-refractivity contribution in [1.82, 2.24) is 9.55 Å². The summed E-state index contributed by atoms with van der Waals surface area (Å²) < 4.78 is 2.12. The second-order valence-electron chi connectivity index (χ2n) is 4.88. The number of aromatic nitrogens is 2. The molecule has 0 bridgehead atoms. The maximum atomic E-state index is 8.91. The first kappa shape index (κ1) is 13.2. The molecule has 1 aromatic heterocycles. The largest absolute Gasteiger partial charge is 0.409 e. The van der Waals surface area contributed by atoms with Gasteiger partial charge >= 0.3 is 0 Å². The summed E-state index contributed by atoms with van der Waals surface area (Å²) in [7, 11) is 0. The van der Waals surface area contributed by atoms with E-state index >= 15 is 0 Å². The first-order valence-electron chi connectivity index (χ1n) is 6.68. The predicted octanol–water partition coefficient (Wildman–Crippen LogP) is 2.49. The number of fused-ring (bicyclic) bond motifs is 1. The lowest BCUT2D eigenvalue weighted by molar-refractivity contribution is 0.318. The number of rotatable bonds is 3. The van der Waals surface area contributed by atoms with Crippen LogP contribution in [0.5, 0.6) is 0 Å². The molecule has 0 atom stereocenters. The molecule has 0 amide bonds. The molecular weight excluding hydrogens is 264 g/mol. The van der Waals surface area contributed by atoms with Crippen molar-refractivity contribution in [2.75, 3.05) is 0 Å². The lowest BCUT2D eigenvalue weighted by Gasteiger charge is -2.11. The van der Waals surface area contributed by atoms with Crippen molar-refractivity contribution in [3.05, 3.63) is 65.5 Å². The number of amidine groups is 1. The summed E-state index contributed by atoms with van der Waals surface area (Å²) in [6, 6.07) is 15.6. The molecule has 5 heteroatoms. The van der Waals surface area contributed by atoms with Crippen LogP contribution < -0.4 is 5.73 Å². The van der Waals surface area contributed by atoms with Gasteiger partial charge in [0.2, 0.25) is 0 Å². The molecule has 0 aliphatic rings. The third-order valence-corrected chi connectivity index (χ3v) is 3.57. The minimum absolute atomic E-state index is 0.118. The average molecular weight is 280 g/mol. The normalized spacial score (nSPS) is 12.0. The number of para-hydroxylation sites is 2. The van der Waals surface area contributed by atoms with Crippen LogP contribution in [0.3, 0.4) is 0 Å². The third-order valence-electron chi connectivity index (χ3n) is 3.57. The number of nitrogens with two attached hydrogens (primary N) is 1. The van der Waals surface area contributed by atoms with Crippen LogP contribution in [-0.2, 0) is 6.54 Å². The summed E-state index contributed by atoms with van der Waals surface area (Å²) in [5.41, 5.74) is 9.51. The van der Waals surface area contributed by atoms with Gasteiger partial charge in [-0.1, -0.05) is 41.6 Å². The Morgan fingerprint density at radius 3 is 2.71 bits per heavy atom. The number of hydrogen-bond donors (Lipinski definition) is 2. The van der Waals surface area contributed by atoms with Crippen molar-refractivity contribution in [2.24, 2.45) is 10.9 Å². The Kier molecular flexibility index (Phi) is 3.31.